The lowest BCUT2D eigenvalue weighted by atomic mass is 9.87. The van der Waals surface area contributed by atoms with Gasteiger partial charge in [-0.1, -0.05) is 6.07 Å². The van der Waals surface area contributed by atoms with Gasteiger partial charge in [-0.15, -0.1) is 0 Å². The fourth-order valence-corrected chi connectivity index (χ4v) is 2.80. The molecule has 1 aromatic rings. The quantitative estimate of drug-likeness (QED) is 0.819. The van der Waals surface area contributed by atoms with Crippen molar-refractivity contribution in [3.05, 3.63) is 47.0 Å². The molecule has 0 saturated heterocycles. The first-order valence-electron chi connectivity index (χ1n) is 6.15. The Kier molecular flexibility index (Phi) is 2.67. The molecular formula is C14H14FN3. The van der Waals surface area contributed by atoms with Crippen LogP contribution in [-0.2, 0) is 12.8 Å². The third kappa shape index (κ3) is 1.82. The molecule has 0 amide bonds. The van der Waals surface area contributed by atoms with Gasteiger partial charge in [-0.2, -0.15) is 5.26 Å². The maximum Gasteiger partial charge on any atom is 0.133 e. The minimum absolute atomic E-state index is 0.176. The van der Waals surface area contributed by atoms with Crippen molar-refractivity contribution in [1.29, 1.82) is 5.26 Å². The zero-order chi connectivity index (χ0) is 12.5. The molecule has 0 bridgehead atoms. The first-order chi connectivity index (χ1) is 8.78. The summed E-state index contributed by atoms with van der Waals surface area (Å²) < 4.78 is 13.3. The molecular weight excluding hydrogens is 229 g/mol. The third-order valence-corrected chi connectivity index (χ3v) is 3.74. The molecule has 18 heavy (non-hydrogen) atoms. The molecule has 3 nitrogen and oxygen atoms in total. The van der Waals surface area contributed by atoms with Gasteiger partial charge in [0.1, 0.15) is 17.6 Å². The fraction of sp³-hybridized carbons (Fsp3) is 0.357. The molecule has 1 aliphatic heterocycles. The largest absolute Gasteiger partial charge is 0.371 e. The molecule has 1 aliphatic carbocycles. The number of rotatable bonds is 1. The van der Waals surface area contributed by atoms with Crippen molar-refractivity contribution < 1.29 is 4.39 Å². The van der Waals surface area contributed by atoms with E-state index in [1.165, 1.54) is 11.6 Å². The highest BCUT2D eigenvalue weighted by Crippen LogP contribution is 2.27. The molecule has 1 aromatic carbocycles. The van der Waals surface area contributed by atoms with Crippen LogP contribution in [-0.4, -0.2) is 17.6 Å². The van der Waals surface area contributed by atoms with E-state index in [9.17, 15) is 4.39 Å². The summed E-state index contributed by atoms with van der Waals surface area (Å²) in [4.78, 5) is 2.08. The lowest BCUT2D eigenvalue weighted by Crippen LogP contribution is -2.38. The van der Waals surface area contributed by atoms with Crippen molar-refractivity contribution in [1.82, 2.24) is 10.2 Å². The van der Waals surface area contributed by atoms with E-state index in [2.05, 4.69) is 16.3 Å². The highest BCUT2D eigenvalue weighted by molar-refractivity contribution is 5.32. The summed E-state index contributed by atoms with van der Waals surface area (Å²) in [5, 5.41) is 12.1. The minimum Gasteiger partial charge on any atom is -0.371 e. The summed E-state index contributed by atoms with van der Waals surface area (Å²) in [5.41, 5.74) is 3.00. The van der Waals surface area contributed by atoms with Crippen LogP contribution >= 0.6 is 0 Å². The Morgan fingerprint density at radius 2 is 2.28 bits per heavy atom. The zero-order valence-corrected chi connectivity index (χ0v) is 9.99. The number of benzene rings is 1. The summed E-state index contributed by atoms with van der Waals surface area (Å²) in [6.45, 7) is 0.679. The summed E-state index contributed by atoms with van der Waals surface area (Å²) in [7, 11) is 0. The normalized spacial score (nSPS) is 21.9. The lowest BCUT2D eigenvalue weighted by Gasteiger charge is -2.33. The van der Waals surface area contributed by atoms with E-state index in [-0.39, 0.29) is 5.82 Å². The second kappa shape index (κ2) is 4.34. The van der Waals surface area contributed by atoms with Gasteiger partial charge in [-0.25, -0.2) is 4.39 Å². The van der Waals surface area contributed by atoms with Crippen LogP contribution < -0.4 is 5.32 Å². The van der Waals surface area contributed by atoms with Crippen molar-refractivity contribution in [2.75, 3.05) is 6.67 Å². The van der Waals surface area contributed by atoms with E-state index < -0.39 is 0 Å². The molecule has 0 radical (unpaired) electrons. The molecule has 0 unspecified atom stereocenters. The molecule has 0 spiro atoms. The number of hydrogen-bond donors (Lipinski definition) is 1. The van der Waals surface area contributed by atoms with E-state index in [1.807, 2.05) is 6.07 Å². The highest BCUT2D eigenvalue weighted by Gasteiger charge is 2.27. The van der Waals surface area contributed by atoms with Gasteiger partial charge in [0.2, 0.25) is 0 Å². The van der Waals surface area contributed by atoms with E-state index in [1.54, 1.807) is 12.3 Å². The van der Waals surface area contributed by atoms with Crippen LogP contribution in [0, 0.1) is 17.1 Å². The van der Waals surface area contributed by atoms with Gasteiger partial charge in [0.05, 0.1) is 6.67 Å². The van der Waals surface area contributed by atoms with Crippen molar-refractivity contribution in [2.45, 2.75) is 25.3 Å². The molecule has 1 heterocycles. The number of aryl methyl sites for hydroxylation is 1. The predicted octanol–water partition coefficient (Wildman–Crippen LogP) is 1.91. The number of nitrogens with one attached hydrogen (secondary N) is 1. The molecule has 2 aliphatic rings. The topological polar surface area (TPSA) is 39.1 Å². The number of fused-ring (bicyclic) bond motifs is 1. The SMILES string of the molecule is N#CC1=CNCN1[C@H]1CCc2ccc(F)cc2C1. The van der Waals surface area contributed by atoms with Gasteiger partial charge in [-0.05, 0) is 42.5 Å². The molecule has 4 heteroatoms. The standard InChI is InChI=1S/C14H14FN3/c15-12-3-1-10-2-4-13(6-11(10)5-12)18-9-17-8-14(18)7-16/h1,3,5,8,13,17H,2,4,6,9H2/t13-/m0/s1. The first kappa shape index (κ1) is 11.1. The summed E-state index contributed by atoms with van der Waals surface area (Å²) in [5.74, 6) is -0.176. The Bertz CT molecular complexity index is 544. The second-order valence-corrected chi connectivity index (χ2v) is 4.78. The number of nitrogens with zero attached hydrogens (tertiary/aromatic N) is 2. The highest BCUT2D eigenvalue weighted by atomic mass is 19.1. The maximum absolute atomic E-state index is 13.3. The van der Waals surface area contributed by atoms with Gasteiger partial charge in [0.25, 0.3) is 0 Å². The van der Waals surface area contributed by atoms with E-state index in [4.69, 9.17) is 5.26 Å². The Balaban J connectivity index is 1.83. The Morgan fingerprint density at radius 1 is 1.39 bits per heavy atom. The summed E-state index contributed by atoms with van der Waals surface area (Å²) >= 11 is 0. The molecule has 0 fully saturated rings. The van der Waals surface area contributed by atoms with E-state index in [0.717, 1.165) is 24.8 Å². The van der Waals surface area contributed by atoms with Crippen LogP contribution in [0.4, 0.5) is 4.39 Å². The average Bonchev–Trinajstić information content (AvgIpc) is 2.86. The van der Waals surface area contributed by atoms with Crippen molar-refractivity contribution in [3.63, 3.8) is 0 Å². The van der Waals surface area contributed by atoms with Crippen LogP contribution in [0.2, 0.25) is 0 Å². The predicted molar refractivity (Wildman–Crippen MR) is 65.8 cm³/mol. The Hall–Kier alpha value is -2.02. The van der Waals surface area contributed by atoms with Crippen molar-refractivity contribution in [2.24, 2.45) is 0 Å². The van der Waals surface area contributed by atoms with E-state index >= 15 is 0 Å². The Morgan fingerprint density at radius 3 is 3.11 bits per heavy atom. The number of allylic oxidation sites excluding steroid dienone is 1. The fourth-order valence-electron chi connectivity index (χ4n) is 2.80. The van der Waals surface area contributed by atoms with Crippen LogP contribution in [0.5, 0.6) is 0 Å². The number of halogens is 1. The molecule has 3 rings (SSSR count). The van der Waals surface area contributed by atoms with Crippen LogP contribution in [0.25, 0.3) is 0 Å². The first-order valence-corrected chi connectivity index (χ1v) is 6.15. The smallest absolute Gasteiger partial charge is 0.133 e. The second-order valence-electron chi connectivity index (χ2n) is 4.78. The van der Waals surface area contributed by atoms with Crippen molar-refractivity contribution >= 4 is 0 Å². The van der Waals surface area contributed by atoms with Gasteiger partial charge in [0.15, 0.2) is 0 Å². The van der Waals surface area contributed by atoms with E-state index in [0.29, 0.717) is 18.4 Å². The summed E-state index contributed by atoms with van der Waals surface area (Å²) in [6.07, 6.45) is 4.53. The summed E-state index contributed by atoms with van der Waals surface area (Å²) in [6, 6.07) is 7.52. The average molecular weight is 243 g/mol. The molecule has 92 valence electrons. The van der Waals surface area contributed by atoms with Gasteiger partial charge >= 0.3 is 0 Å². The van der Waals surface area contributed by atoms with Gasteiger partial charge < -0.3 is 10.2 Å². The van der Waals surface area contributed by atoms with Gasteiger partial charge in [-0.3, -0.25) is 0 Å². The maximum atomic E-state index is 13.3. The zero-order valence-electron chi connectivity index (χ0n) is 9.99. The minimum atomic E-state index is -0.176. The molecule has 1 atom stereocenters. The van der Waals surface area contributed by atoms with Crippen LogP contribution in [0.1, 0.15) is 17.5 Å². The lowest BCUT2D eigenvalue weighted by molar-refractivity contribution is 0.250. The van der Waals surface area contributed by atoms with Crippen LogP contribution in [0.3, 0.4) is 0 Å². The third-order valence-electron chi connectivity index (χ3n) is 3.74. The monoisotopic (exact) mass is 243 g/mol. The Labute approximate surface area is 106 Å². The van der Waals surface area contributed by atoms with Gasteiger partial charge in [0, 0.05) is 12.2 Å². The van der Waals surface area contributed by atoms with Crippen molar-refractivity contribution in [3.8, 4) is 6.07 Å². The van der Waals surface area contributed by atoms with Crippen LogP contribution in [0.15, 0.2) is 30.1 Å². The number of nitriles is 1. The number of hydrogen-bond acceptors (Lipinski definition) is 3. The molecule has 0 saturated carbocycles. The molecule has 0 aromatic heterocycles. The molecule has 1 N–H and O–H groups in total.